The van der Waals surface area contributed by atoms with Crippen LogP contribution in [0.4, 0.5) is 0 Å². The van der Waals surface area contributed by atoms with Gasteiger partial charge in [-0.3, -0.25) is 0 Å². The molecule has 19 heavy (non-hydrogen) atoms. The Bertz CT molecular complexity index is 420. The lowest BCUT2D eigenvalue weighted by Crippen LogP contribution is -2.25. The molecule has 5 nitrogen and oxygen atoms in total. The zero-order valence-corrected chi connectivity index (χ0v) is 11.9. The van der Waals surface area contributed by atoms with Crippen LogP contribution in [0.5, 0.6) is 11.5 Å². The van der Waals surface area contributed by atoms with Crippen LogP contribution in [0.15, 0.2) is 18.2 Å². The molecule has 106 valence electrons. The average molecular weight is 267 g/mol. The standard InChI is InChI=1S/C14H21NO4/c1-5-15-9-11-6-7-12(17-3)8-13(11)19-10(2)14(16)18-4/h6-8,10,15H,5,9H2,1-4H3. The molecule has 0 saturated heterocycles. The molecule has 1 atom stereocenters. The third kappa shape index (κ3) is 4.44. The third-order valence-electron chi connectivity index (χ3n) is 2.68. The highest BCUT2D eigenvalue weighted by atomic mass is 16.6. The van der Waals surface area contributed by atoms with Gasteiger partial charge in [-0.15, -0.1) is 0 Å². The summed E-state index contributed by atoms with van der Waals surface area (Å²) >= 11 is 0. The van der Waals surface area contributed by atoms with Crippen molar-refractivity contribution in [1.82, 2.24) is 5.32 Å². The van der Waals surface area contributed by atoms with Gasteiger partial charge in [0.2, 0.25) is 0 Å². The first kappa shape index (κ1) is 15.3. The number of ether oxygens (including phenoxy) is 3. The van der Waals surface area contributed by atoms with Crippen LogP contribution in [0.3, 0.4) is 0 Å². The summed E-state index contributed by atoms with van der Waals surface area (Å²) in [5.41, 5.74) is 0.971. The van der Waals surface area contributed by atoms with Crippen molar-refractivity contribution in [2.75, 3.05) is 20.8 Å². The fraction of sp³-hybridized carbons (Fsp3) is 0.500. The van der Waals surface area contributed by atoms with E-state index in [1.54, 1.807) is 20.1 Å². The van der Waals surface area contributed by atoms with Gasteiger partial charge in [0.15, 0.2) is 6.10 Å². The van der Waals surface area contributed by atoms with Gasteiger partial charge >= 0.3 is 5.97 Å². The van der Waals surface area contributed by atoms with E-state index in [4.69, 9.17) is 9.47 Å². The summed E-state index contributed by atoms with van der Waals surface area (Å²) < 4.78 is 15.5. The maximum absolute atomic E-state index is 11.4. The molecule has 0 heterocycles. The average Bonchev–Trinajstić information content (AvgIpc) is 2.44. The summed E-state index contributed by atoms with van der Waals surface area (Å²) in [5.74, 6) is 0.905. The van der Waals surface area contributed by atoms with Crippen LogP contribution in [-0.4, -0.2) is 32.8 Å². The number of hydrogen-bond donors (Lipinski definition) is 1. The molecule has 0 aliphatic rings. The maximum Gasteiger partial charge on any atom is 0.346 e. The largest absolute Gasteiger partial charge is 0.497 e. The van der Waals surface area contributed by atoms with Gasteiger partial charge in [0, 0.05) is 18.2 Å². The molecule has 0 fully saturated rings. The van der Waals surface area contributed by atoms with Crippen LogP contribution in [-0.2, 0) is 16.1 Å². The highest BCUT2D eigenvalue weighted by Gasteiger charge is 2.17. The van der Waals surface area contributed by atoms with Gasteiger partial charge in [-0.05, 0) is 19.5 Å². The predicted octanol–water partition coefficient (Wildman–Crippen LogP) is 1.74. The number of rotatable bonds is 7. The molecule has 1 rings (SSSR count). The van der Waals surface area contributed by atoms with Crippen LogP contribution < -0.4 is 14.8 Å². The first-order valence-corrected chi connectivity index (χ1v) is 6.24. The van der Waals surface area contributed by atoms with Gasteiger partial charge in [0.05, 0.1) is 14.2 Å². The minimum Gasteiger partial charge on any atom is -0.497 e. The lowest BCUT2D eigenvalue weighted by Gasteiger charge is -2.17. The molecule has 1 aromatic rings. The van der Waals surface area contributed by atoms with E-state index in [-0.39, 0.29) is 0 Å². The number of benzene rings is 1. The smallest absolute Gasteiger partial charge is 0.346 e. The third-order valence-corrected chi connectivity index (χ3v) is 2.68. The Morgan fingerprint density at radius 3 is 2.68 bits per heavy atom. The topological polar surface area (TPSA) is 56.8 Å². The lowest BCUT2D eigenvalue weighted by molar-refractivity contribution is -0.147. The van der Waals surface area contributed by atoms with Gasteiger partial charge < -0.3 is 19.5 Å². The van der Waals surface area contributed by atoms with Crippen molar-refractivity contribution >= 4 is 5.97 Å². The maximum atomic E-state index is 11.4. The van der Waals surface area contributed by atoms with Crippen molar-refractivity contribution in [3.8, 4) is 11.5 Å². The van der Waals surface area contributed by atoms with E-state index in [2.05, 4.69) is 10.1 Å². The van der Waals surface area contributed by atoms with Crippen molar-refractivity contribution < 1.29 is 19.0 Å². The zero-order valence-electron chi connectivity index (χ0n) is 11.9. The van der Waals surface area contributed by atoms with Crippen LogP contribution in [0.1, 0.15) is 19.4 Å². The number of carbonyl (C=O) groups excluding carboxylic acids is 1. The van der Waals surface area contributed by atoms with E-state index in [1.165, 1.54) is 7.11 Å². The Labute approximate surface area is 113 Å². The second-order valence-corrected chi connectivity index (χ2v) is 4.04. The Hall–Kier alpha value is -1.75. The highest BCUT2D eigenvalue weighted by molar-refractivity contribution is 5.74. The second kappa shape index (κ2) is 7.63. The molecular weight excluding hydrogens is 246 g/mol. The predicted molar refractivity (Wildman–Crippen MR) is 72.5 cm³/mol. The molecule has 1 unspecified atom stereocenters. The fourth-order valence-corrected chi connectivity index (χ4v) is 1.58. The minimum absolute atomic E-state index is 0.405. The molecule has 0 aliphatic carbocycles. The van der Waals surface area contributed by atoms with E-state index in [0.717, 1.165) is 12.1 Å². The van der Waals surface area contributed by atoms with Gasteiger partial charge in [0.25, 0.3) is 0 Å². The summed E-state index contributed by atoms with van der Waals surface area (Å²) in [5, 5.41) is 3.22. The Morgan fingerprint density at radius 2 is 2.11 bits per heavy atom. The van der Waals surface area contributed by atoms with E-state index in [9.17, 15) is 4.79 Å². The van der Waals surface area contributed by atoms with Gasteiger partial charge in [0.1, 0.15) is 11.5 Å². The summed E-state index contributed by atoms with van der Waals surface area (Å²) in [6, 6.07) is 5.55. The van der Waals surface area contributed by atoms with Crippen molar-refractivity contribution in [2.24, 2.45) is 0 Å². The monoisotopic (exact) mass is 267 g/mol. The first-order valence-electron chi connectivity index (χ1n) is 6.24. The van der Waals surface area contributed by atoms with E-state index < -0.39 is 12.1 Å². The SMILES string of the molecule is CCNCc1ccc(OC)cc1OC(C)C(=O)OC. The van der Waals surface area contributed by atoms with Gasteiger partial charge in [-0.2, -0.15) is 0 Å². The Kier molecular flexibility index (Phi) is 6.15. The molecule has 1 aromatic carbocycles. The van der Waals surface area contributed by atoms with Crippen LogP contribution in [0.25, 0.3) is 0 Å². The molecule has 0 spiro atoms. The van der Waals surface area contributed by atoms with Crippen molar-refractivity contribution in [3.63, 3.8) is 0 Å². The molecule has 0 bridgehead atoms. The number of hydrogen-bond acceptors (Lipinski definition) is 5. The molecule has 0 aromatic heterocycles. The lowest BCUT2D eigenvalue weighted by atomic mass is 10.2. The molecular formula is C14H21NO4. The second-order valence-electron chi connectivity index (χ2n) is 4.04. The van der Waals surface area contributed by atoms with Crippen molar-refractivity contribution in [1.29, 1.82) is 0 Å². The Balaban J connectivity index is 2.90. The van der Waals surface area contributed by atoms with Crippen molar-refractivity contribution in [2.45, 2.75) is 26.5 Å². The normalized spacial score (nSPS) is 11.8. The van der Waals surface area contributed by atoms with Gasteiger partial charge in [-0.25, -0.2) is 4.79 Å². The number of esters is 1. The molecule has 0 amide bonds. The van der Waals surface area contributed by atoms with Crippen LogP contribution in [0, 0.1) is 0 Å². The fourth-order valence-electron chi connectivity index (χ4n) is 1.58. The quantitative estimate of drug-likeness (QED) is 0.763. The molecule has 1 N–H and O–H groups in total. The van der Waals surface area contributed by atoms with E-state index >= 15 is 0 Å². The zero-order chi connectivity index (χ0) is 14.3. The minimum atomic E-state index is -0.655. The molecule has 0 aliphatic heterocycles. The Morgan fingerprint density at radius 1 is 1.37 bits per heavy atom. The summed E-state index contributed by atoms with van der Waals surface area (Å²) in [6.45, 7) is 5.21. The van der Waals surface area contributed by atoms with Crippen LogP contribution >= 0.6 is 0 Å². The highest BCUT2D eigenvalue weighted by Crippen LogP contribution is 2.26. The molecule has 0 radical (unpaired) electrons. The van der Waals surface area contributed by atoms with E-state index in [1.807, 2.05) is 19.1 Å². The number of nitrogens with one attached hydrogen (secondary N) is 1. The van der Waals surface area contributed by atoms with Gasteiger partial charge in [-0.1, -0.05) is 13.0 Å². The molecule has 0 saturated carbocycles. The summed E-state index contributed by atoms with van der Waals surface area (Å²) in [7, 11) is 2.93. The van der Waals surface area contributed by atoms with E-state index in [0.29, 0.717) is 18.0 Å². The molecule has 5 heteroatoms. The number of carbonyl (C=O) groups is 1. The summed E-state index contributed by atoms with van der Waals surface area (Å²) in [4.78, 5) is 11.4. The van der Waals surface area contributed by atoms with Crippen molar-refractivity contribution in [3.05, 3.63) is 23.8 Å². The van der Waals surface area contributed by atoms with Crippen LogP contribution in [0.2, 0.25) is 0 Å². The number of methoxy groups -OCH3 is 2. The first-order chi connectivity index (χ1) is 9.12. The summed E-state index contributed by atoms with van der Waals surface area (Å²) in [6.07, 6.45) is -0.655.